The van der Waals surface area contributed by atoms with Crippen LogP contribution in [-0.2, 0) is 56.9 Å². The SMILES string of the molecule is CN1Cc2c(Cl)cc(Cl)cc2C(c2cccc(S(=O)(=O)NCCOCCOCCCC(=O)CCCOCCOCCNS(=O)(=O)c3cccc(C4CN(C)Cc5c(Cl)cc(Cl)cc54)c3)c2)C1. The van der Waals surface area contributed by atoms with Gasteiger partial charge in [0.1, 0.15) is 5.78 Å². The second-order valence-electron chi connectivity index (χ2n) is 16.5. The molecule has 0 saturated carbocycles. The van der Waals surface area contributed by atoms with Gasteiger partial charge in [0.25, 0.3) is 0 Å². The van der Waals surface area contributed by atoms with E-state index in [1.165, 1.54) is 0 Å². The number of nitrogens with zero attached hydrogens (tertiary/aromatic N) is 2. The maximum absolute atomic E-state index is 13.1. The van der Waals surface area contributed by atoms with Gasteiger partial charge in [0.15, 0.2) is 0 Å². The summed E-state index contributed by atoms with van der Waals surface area (Å²) in [6.45, 7) is 5.37. The number of likely N-dealkylation sites (N-methyl/N-ethyl adjacent to an activating group) is 2. The van der Waals surface area contributed by atoms with Crippen LogP contribution in [0, 0.1) is 0 Å². The zero-order valence-electron chi connectivity index (χ0n) is 37.2. The highest BCUT2D eigenvalue weighted by molar-refractivity contribution is 7.89. The number of hydrogen-bond acceptors (Lipinski definition) is 11. The van der Waals surface area contributed by atoms with Crippen molar-refractivity contribution in [2.24, 2.45) is 0 Å². The minimum absolute atomic E-state index is 0.0852. The molecule has 66 heavy (non-hydrogen) atoms. The van der Waals surface area contributed by atoms with E-state index >= 15 is 0 Å². The van der Waals surface area contributed by atoms with Gasteiger partial charge in [-0.1, -0.05) is 70.7 Å². The average molecular weight is 1030 g/mol. The van der Waals surface area contributed by atoms with E-state index in [1.807, 2.05) is 38.4 Å². The molecule has 2 aliphatic heterocycles. The number of nitrogens with one attached hydrogen (secondary N) is 2. The average Bonchev–Trinajstić information content (AvgIpc) is 3.27. The highest BCUT2D eigenvalue weighted by Crippen LogP contribution is 2.40. The lowest BCUT2D eigenvalue weighted by molar-refractivity contribution is -0.119. The summed E-state index contributed by atoms with van der Waals surface area (Å²) in [5, 5.41) is 2.29. The summed E-state index contributed by atoms with van der Waals surface area (Å²) < 4.78 is 80.0. The van der Waals surface area contributed by atoms with Gasteiger partial charge in [-0.3, -0.25) is 4.79 Å². The first-order chi connectivity index (χ1) is 31.6. The third-order valence-electron chi connectivity index (χ3n) is 11.4. The summed E-state index contributed by atoms with van der Waals surface area (Å²) in [6.07, 6.45) is 1.96. The maximum Gasteiger partial charge on any atom is 0.240 e. The van der Waals surface area contributed by atoms with Crippen molar-refractivity contribution in [3.63, 3.8) is 0 Å². The van der Waals surface area contributed by atoms with Gasteiger partial charge >= 0.3 is 0 Å². The lowest BCUT2D eigenvalue weighted by Crippen LogP contribution is -2.31. The molecule has 0 saturated heterocycles. The van der Waals surface area contributed by atoms with Crippen molar-refractivity contribution in [2.45, 2.75) is 60.4 Å². The molecular formula is C47H58Cl4N4O9S2. The van der Waals surface area contributed by atoms with Crippen molar-refractivity contribution in [1.82, 2.24) is 19.2 Å². The summed E-state index contributed by atoms with van der Waals surface area (Å²) >= 11 is 25.7. The number of rotatable bonds is 26. The van der Waals surface area contributed by atoms with E-state index < -0.39 is 20.0 Å². The first kappa shape index (κ1) is 52.7. The Kier molecular flexibility index (Phi) is 20.1. The van der Waals surface area contributed by atoms with E-state index in [-0.39, 0.29) is 66.9 Å². The number of ether oxygens (including phenoxy) is 4. The van der Waals surface area contributed by atoms with Gasteiger partial charge in [-0.05, 0) is 109 Å². The second-order valence-corrected chi connectivity index (χ2v) is 21.8. The molecule has 0 fully saturated rings. The molecule has 0 aliphatic carbocycles. The summed E-state index contributed by atoms with van der Waals surface area (Å²) in [6, 6.07) is 21.2. The molecule has 13 nitrogen and oxygen atoms in total. The number of carbonyl (C=O) groups excluding carboxylic acids is 1. The zero-order chi connectivity index (χ0) is 47.3. The van der Waals surface area contributed by atoms with Gasteiger partial charge in [0, 0.05) is 97.3 Å². The molecule has 360 valence electrons. The molecule has 0 amide bonds. The van der Waals surface area contributed by atoms with Gasteiger partial charge in [-0.2, -0.15) is 0 Å². The number of benzene rings is 4. The number of sulfonamides is 2. The fraction of sp³-hybridized carbons (Fsp3) is 0.468. The Hall–Kier alpha value is -2.71. The lowest BCUT2D eigenvalue weighted by Gasteiger charge is -2.33. The molecule has 0 aromatic heterocycles. The molecule has 2 N–H and O–H groups in total. The van der Waals surface area contributed by atoms with Crippen LogP contribution in [0.1, 0.15) is 70.9 Å². The molecule has 0 radical (unpaired) electrons. The predicted molar refractivity (Wildman–Crippen MR) is 259 cm³/mol. The quantitative estimate of drug-likeness (QED) is 0.0591. The first-order valence-corrected chi connectivity index (χ1v) is 26.4. The van der Waals surface area contributed by atoms with E-state index in [0.29, 0.717) is 98.4 Å². The summed E-state index contributed by atoms with van der Waals surface area (Å²) in [4.78, 5) is 17.0. The summed E-state index contributed by atoms with van der Waals surface area (Å²) in [5.74, 6) is -0.0456. The molecule has 4 aromatic carbocycles. The normalized spacial score (nSPS) is 16.9. The number of ketones is 1. The monoisotopic (exact) mass is 1030 g/mol. The van der Waals surface area contributed by atoms with Crippen molar-refractivity contribution >= 4 is 72.2 Å². The van der Waals surface area contributed by atoms with Gasteiger partial charge in [0.2, 0.25) is 20.0 Å². The number of fused-ring (bicyclic) bond motifs is 2. The van der Waals surface area contributed by atoms with Crippen molar-refractivity contribution < 1.29 is 40.6 Å². The molecular weight excluding hydrogens is 970 g/mol. The van der Waals surface area contributed by atoms with Crippen molar-refractivity contribution in [3.8, 4) is 0 Å². The largest absolute Gasteiger partial charge is 0.379 e. The topological polar surface area (TPSA) is 153 Å². The molecule has 4 aromatic rings. The van der Waals surface area contributed by atoms with Crippen LogP contribution in [0.2, 0.25) is 20.1 Å². The molecule has 2 heterocycles. The van der Waals surface area contributed by atoms with Crippen LogP contribution in [-0.4, -0.2) is 126 Å². The van der Waals surface area contributed by atoms with E-state index in [2.05, 4.69) is 19.2 Å². The van der Waals surface area contributed by atoms with E-state index in [1.54, 1.807) is 48.5 Å². The van der Waals surface area contributed by atoms with Crippen LogP contribution < -0.4 is 9.44 Å². The Bertz CT molecular complexity index is 2330. The molecule has 0 bridgehead atoms. The third kappa shape index (κ3) is 15.1. The summed E-state index contributed by atoms with van der Waals surface area (Å²) in [5.41, 5.74) is 5.72. The highest BCUT2D eigenvalue weighted by Gasteiger charge is 2.30. The van der Waals surface area contributed by atoms with Gasteiger partial charge in [-0.25, -0.2) is 26.3 Å². The van der Waals surface area contributed by atoms with Crippen LogP contribution in [0.5, 0.6) is 0 Å². The number of Topliss-reactive ketones (excluding diaryl/α,β-unsaturated/α-hetero) is 1. The van der Waals surface area contributed by atoms with Crippen LogP contribution in [0.3, 0.4) is 0 Å². The number of carbonyl (C=O) groups is 1. The number of halogens is 4. The Morgan fingerprint density at radius 3 is 1.38 bits per heavy atom. The Labute approximate surface area is 409 Å². The van der Waals surface area contributed by atoms with Crippen LogP contribution in [0.4, 0.5) is 0 Å². The molecule has 2 atom stereocenters. The first-order valence-electron chi connectivity index (χ1n) is 22.0. The molecule has 0 spiro atoms. The minimum atomic E-state index is -3.78. The molecule has 6 rings (SSSR count). The van der Waals surface area contributed by atoms with Crippen molar-refractivity contribution in [2.75, 3.05) is 93.1 Å². The summed E-state index contributed by atoms with van der Waals surface area (Å²) in [7, 11) is -3.54. The highest BCUT2D eigenvalue weighted by atomic mass is 35.5. The van der Waals surface area contributed by atoms with Gasteiger partial charge < -0.3 is 28.7 Å². The molecule has 2 unspecified atom stereocenters. The third-order valence-corrected chi connectivity index (χ3v) is 15.5. The number of hydrogen-bond donors (Lipinski definition) is 2. The standard InChI is InChI=1S/C47H58Cl4N4O9S2/c1-54-29-42(40-25-35(48)27-46(50)44(40)31-54)33-7-3-11-38(23-33)65(57,58)52-13-17-63-21-19-61-15-5-9-37(56)10-6-16-62-20-22-64-18-14-53-66(59,60)39-12-4-8-34(24-39)43-30-55(2)32-45-41(43)26-36(49)28-47(45)51/h3-4,7-8,11-12,23-28,42-43,52-53H,5-6,9-10,13-22,29-32H2,1-2H3. The van der Waals surface area contributed by atoms with Crippen LogP contribution in [0.15, 0.2) is 82.6 Å². The van der Waals surface area contributed by atoms with Gasteiger partial charge in [-0.15, -0.1) is 0 Å². The zero-order valence-corrected chi connectivity index (χ0v) is 41.9. The Morgan fingerprint density at radius 1 is 0.576 bits per heavy atom. The van der Waals surface area contributed by atoms with Crippen LogP contribution >= 0.6 is 46.4 Å². The van der Waals surface area contributed by atoms with Gasteiger partial charge in [0.05, 0.1) is 49.4 Å². The molecule has 19 heteroatoms. The Morgan fingerprint density at radius 2 is 0.970 bits per heavy atom. The van der Waals surface area contributed by atoms with Crippen molar-refractivity contribution in [1.29, 1.82) is 0 Å². The fourth-order valence-electron chi connectivity index (χ4n) is 8.23. The molecule has 2 aliphatic rings. The second kappa shape index (κ2) is 25.2. The maximum atomic E-state index is 13.1. The minimum Gasteiger partial charge on any atom is -0.379 e. The van der Waals surface area contributed by atoms with E-state index in [0.717, 1.165) is 33.4 Å². The van der Waals surface area contributed by atoms with E-state index in [9.17, 15) is 21.6 Å². The predicted octanol–water partition coefficient (Wildman–Crippen LogP) is 7.91. The fourth-order valence-corrected chi connectivity index (χ4v) is 11.5. The van der Waals surface area contributed by atoms with Crippen molar-refractivity contribution in [3.05, 3.63) is 126 Å². The Balaban J connectivity index is 0.760. The van der Waals surface area contributed by atoms with Crippen LogP contribution in [0.25, 0.3) is 0 Å². The lowest BCUT2D eigenvalue weighted by atomic mass is 9.85. The smallest absolute Gasteiger partial charge is 0.240 e. The van der Waals surface area contributed by atoms with E-state index in [4.69, 9.17) is 65.4 Å².